The first kappa shape index (κ1) is 10.4. The predicted molar refractivity (Wildman–Crippen MR) is 68.1 cm³/mol. The van der Waals surface area contributed by atoms with Gasteiger partial charge in [-0.3, -0.25) is 0 Å². The van der Waals surface area contributed by atoms with Gasteiger partial charge in [-0.2, -0.15) is 0 Å². The number of fused-ring (bicyclic) bond motifs is 1. The van der Waals surface area contributed by atoms with Gasteiger partial charge in [-0.25, -0.2) is 0 Å². The number of hydrogen-bond acceptors (Lipinski definition) is 2. The monoisotopic (exact) mass is 225 g/mol. The Morgan fingerprint density at radius 1 is 1.06 bits per heavy atom. The quantitative estimate of drug-likeness (QED) is 0.848. The maximum atomic E-state index is 5.40. The van der Waals surface area contributed by atoms with Crippen molar-refractivity contribution in [2.75, 3.05) is 7.11 Å². The molecule has 0 spiro atoms. The van der Waals surface area contributed by atoms with Crippen molar-refractivity contribution in [2.24, 2.45) is 0 Å². The van der Waals surface area contributed by atoms with Crippen LogP contribution in [0.15, 0.2) is 48.5 Å². The average Bonchev–Trinajstić information content (AvgIpc) is 2.83. The molecule has 0 saturated heterocycles. The lowest BCUT2D eigenvalue weighted by Crippen LogP contribution is -2.12. The summed E-state index contributed by atoms with van der Waals surface area (Å²) in [5.41, 5.74) is 3.92. The van der Waals surface area contributed by atoms with E-state index in [0.717, 1.165) is 12.3 Å². The Labute approximate surface area is 101 Å². The Morgan fingerprint density at radius 3 is 2.65 bits per heavy atom. The molecule has 3 rings (SSSR count). The highest BCUT2D eigenvalue weighted by Gasteiger charge is 2.25. The Bertz CT molecular complexity index is 522. The predicted octanol–water partition coefficient (Wildman–Crippen LogP) is 2.89. The first-order valence-electron chi connectivity index (χ1n) is 5.84. The smallest absolute Gasteiger partial charge is 0.123 e. The summed E-state index contributed by atoms with van der Waals surface area (Å²) in [7, 11) is 1.73. The highest BCUT2D eigenvalue weighted by atomic mass is 16.5. The molecule has 0 aromatic heterocycles. The minimum atomic E-state index is 0.293. The molecule has 0 aliphatic carbocycles. The molecule has 1 N–H and O–H groups in total. The molecule has 0 bridgehead atoms. The van der Waals surface area contributed by atoms with E-state index in [4.69, 9.17) is 4.74 Å². The second-order valence-corrected chi connectivity index (χ2v) is 4.25. The van der Waals surface area contributed by atoms with Gasteiger partial charge in [0, 0.05) is 12.1 Å². The van der Waals surface area contributed by atoms with Gasteiger partial charge in [0.25, 0.3) is 0 Å². The fraction of sp³-hybridized carbons (Fsp3) is 0.200. The largest absolute Gasteiger partial charge is 0.496 e. The Morgan fingerprint density at radius 2 is 1.88 bits per heavy atom. The SMILES string of the molecule is COc1cccc2c1CNC2c1ccccc1. The van der Waals surface area contributed by atoms with E-state index >= 15 is 0 Å². The normalized spacial score (nSPS) is 17.8. The van der Waals surface area contributed by atoms with E-state index in [-0.39, 0.29) is 0 Å². The van der Waals surface area contributed by atoms with Gasteiger partial charge in [0.05, 0.1) is 13.2 Å². The lowest BCUT2D eigenvalue weighted by atomic mass is 9.98. The Hall–Kier alpha value is -1.80. The number of methoxy groups -OCH3 is 1. The first-order valence-corrected chi connectivity index (χ1v) is 5.84. The highest BCUT2D eigenvalue weighted by Crippen LogP contribution is 2.35. The van der Waals surface area contributed by atoms with E-state index in [2.05, 4.69) is 41.7 Å². The minimum absolute atomic E-state index is 0.293. The summed E-state index contributed by atoms with van der Waals surface area (Å²) in [6.07, 6.45) is 0. The fourth-order valence-electron chi connectivity index (χ4n) is 2.49. The van der Waals surface area contributed by atoms with Gasteiger partial charge < -0.3 is 10.1 Å². The van der Waals surface area contributed by atoms with E-state index in [1.165, 1.54) is 16.7 Å². The molecule has 1 heterocycles. The molecule has 0 radical (unpaired) electrons. The third-order valence-corrected chi connectivity index (χ3v) is 3.32. The van der Waals surface area contributed by atoms with Crippen LogP contribution in [0.5, 0.6) is 5.75 Å². The van der Waals surface area contributed by atoms with Crippen molar-refractivity contribution < 1.29 is 4.74 Å². The van der Waals surface area contributed by atoms with Gasteiger partial charge in [-0.05, 0) is 17.2 Å². The molecule has 86 valence electrons. The van der Waals surface area contributed by atoms with Crippen molar-refractivity contribution in [1.29, 1.82) is 0 Å². The van der Waals surface area contributed by atoms with Crippen LogP contribution < -0.4 is 10.1 Å². The van der Waals surface area contributed by atoms with Crippen LogP contribution >= 0.6 is 0 Å². The maximum absolute atomic E-state index is 5.40. The number of rotatable bonds is 2. The zero-order valence-electron chi connectivity index (χ0n) is 9.81. The molecule has 0 amide bonds. The molecular weight excluding hydrogens is 210 g/mol. The molecule has 2 aromatic carbocycles. The molecule has 2 aromatic rings. The molecular formula is C15H15NO. The standard InChI is InChI=1S/C15H15NO/c1-17-14-9-5-8-12-13(14)10-16-15(12)11-6-3-2-4-7-11/h2-9,15-16H,10H2,1H3. The third kappa shape index (κ3) is 1.71. The van der Waals surface area contributed by atoms with Gasteiger partial charge >= 0.3 is 0 Å². The molecule has 0 saturated carbocycles. The zero-order chi connectivity index (χ0) is 11.7. The van der Waals surface area contributed by atoms with Crippen LogP contribution in [-0.2, 0) is 6.54 Å². The number of ether oxygens (including phenoxy) is 1. The molecule has 17 heavy (non-hydrogen) atoms. The maximum Gasteiger partial charge on any atom is 0.123 e. The second kappa shape index (κ2) is 4.22. The number of benzene rings is 2. The van der Waals surface area contributed by atoms with Crippen molar-refractivity contribution >= 4 is 0 Å². The summed E-state index contributed by atoms with van der Waals surface area (Å²) in [6, 6.07) is 17.1. The summed E-state index contributed by atoms with van der Waals surface area (Å²) in [6.45, 7) is 0.874. The lowest BCUT2D eigenvalue weighted by Gasteiger charge is -2.12. The summed E-state index contributed by atoms with van der Waals surface area (Å²) >= 11 is 0. The lowest BCUT2D eigenvalue weighted by molar-refractivity contribution is 0.410. The van der Waals surface area contributed by atoms with Gasteiger partial charge in [0.15, 0.2) is 0 Å². The fourth-order valence-corrected chi connectivity index (χ4v) is 2.49. The van der Waals surface area contributed by atoms with Crippen LogP contribution in [0.1, 0.15) is 22.7 Å². The summed E-state index contributed by atoms with van der Waals surface area (Å²) in [5, 5.41) is 3.53. The second-order valence-electron chi connectivity index (χ2n) is 4.25. The number of hydrogen-bond donors (Lipinski definition) is 1. The summed E-state index contributed by atoms with van der Waals surface area (Å²) in [4.78, 5) is 0. The topological polar surface area (TPSA) is 21.3 Å². The highest BCUT2D eigenvalue weighted by molar-refractivity contribution is 5.48. The van der Waals surface area contributed by atoms with Crippen molar-refractivity contribution in [3.05, 3.63) is 65.2 Å². The van der Waals surface area contributed by atoms with Gasteiger partial charge in [0.2, 0.25) is 0 Å². The van der Waals surface area contributed by atoms with E-state index in [0.29, 0.717) is 6.04 Å². The van der Waals surface area contributed by atoms with Crippen molar-refractivity contribution in [1.82, 2.24) is 5.32 Å². The molecule has 1 aliphatic heterocycles. The van der Waals surface area contributed by atoms with Crippen LogP contribution in [-0.4, -0.2) is 7.11 Å². The van der Waals surface area contributed by atoms with Crippen LogP contribution in [0.2, 0.25) is 0 Å². The van der Waals surface area contributed by atoms with E-state index in [9.17, 15) is 0 Å². The van der Waals surface area contributed by atoms with Crippen LogP contribution in [0.4, 0.5) is 0 Å². The van der Waals surface area contributed by atoms with Crippen molar-refractivity contribution in [3.63, 3.8) is 0 Å². The van der Waals surface area contributed by atoms with Crippen molar-refractivity contribution in [3.8, 4) is 5.75 Å². The minimum Gasteiger partial charge on any atom is -0.496 e. The molecule has 2 heteroatoms. The van der Waals surface area contributed by atoms with Crippen molar-refractivity contribution in [2.45, 2.75) is 12.6 Å². The third-order valence-electron chi connectivity index (χ3n) is 3.32. The molecule has 1 unspecified atom stereocenters. The van der Waals surface area contributed by atoms with E-state index in [1.54, 1.807) is 7.11 Å². The Kier molecular flexibility index (Phi) is 2.57. The van der Waals surface area contributed by atoms with E-state index in [1.807, 2.05) is 12.1 Å². The van der Waals surface area contributed by atoms with Crippen LogP contribution in [0.3, 0.4) is 0 Å². The molecule has 0 fully saturated rings. The molecule has 2 nitrogen and oxygen atoms in total. The molecule has 1 aliphatic rings. The van der Waals surface area contributed by atoms with Gasteiger partial charge in [-0.1, -0.05) is 42.5 Å². The zero-order valence-corrected chi connectivity index (χ0v) is 9.81. The summed E-state index contributed by atoms with van der Waals surface area (Å²) < 4.78 is 5.40. The van der Waals surface area contributed by atoms with Crippen LogP contribution in [0, 0.1) is 0 Å². The van der Waals surface area contributed by atoms with Gasteiger partial charge in [-0.15, -0.1) is 0 Å². The first-order chi connectivity index (χ1) is 8.40. The van der Waals surface area contributed by atoms with E-state index < -0.39 is 0 Å². The average molecular weight is 225 g/mol. The van der Waals surface area contributed by atoms with Gasteiger partial charge in [0.1, 0.15) is 5.75 Å². The van der Waals surface area contributed by atoms with Crippen LogP contribution in [0.25, 0.3) is 0 Å². The number of nitrogens with one attached hydrogen (secondary N) is 1. The molecule has 1 atom stereocenters. The summed E-state index contributed by atoms with van der Waals surface area (Å²) in [5.74, 6) is 0.980. The Balaban J connectivity index is 2.05.